The fraction of sp³-hybridized carbons (Fsp3) is 0.343. The maximum atomic E-state index is 15.1. The molecule has 3 aliphatic heterocycles. The van der Waals surface area contributed by atoms with Crippen molar-refractivity contribution in [3.63, 3.8) is 0 Å². The van der Waals surface area contributed by atoms with Crippen molar-refractivity contribution in [1.29, 1.82) is 0 Å². The van der Waals surface area contributed by atoms with E-state index in [1.807, 2.05) is 0 Å². The number of hydrogen-bond acceptors (Lipinski definition) is 8. The van der Waals surface area contributed by atoms with Crippen LogP contribution in [0.2, 0.25) is 10.0 Å². The number of nitrogens with zero attached hydrogens (tertiary/aromatic N) is 2. The second-order valence-corrected chi connectivity index (χ2v) is 13.8. The number of aromatic nitrogens is 1. The van der Waals surface area contributed by atoms with E-state index in [-0.39, 0.29) is 51.2 Å². The Bertz CT molecular complexity index is 1930. The van der Waals surface area contributed by atoms with Gasteiger partial charge in [-0.25, -0.2) is 19.0 Å². The summed E-state index contributed by atoms with van der Waals surface area (Å²) in [6.45, 7) is -0.887. The van der Waals surface area contributed by atoms with Crippen molar-refractivity contribution in [2.45, 2.75) is 44.6 Å². The molecular weight excluding hydrogens is 718 g/mol. The molecule has 0 unspecified atom stereocenters. The number of anilines is 1. The normalized spacial score (nSPS) is 20.0. The molecule has 2 atom stereocenters. The van der Waals surface area contributed by atoms with E-state index in [4.69, 9.17) is 41.5 Å². The number of para-hydroxylation sites is 1. The van der Waals surface area contributed by atoms with Gasteiger partial charge in [-0.1, -0.05) is 41.4 Å². The van der Waals surface area contributed by atoms with Crippen LogP contribution < -0.4 is 19.4 Å². The van der Waals surface area contributed by atoms with Crippen molar-refractivity contribution < 1.29 is 50.8 Å². The summed E-state index contributed by atoms with van der Waals surface area (Å²) in [7, 11) is -3.03. The molecule has 4 aromatic rings. The minimum Gasteiger partial charge on any atom is -0.493 e. The molecule has 2 aromatic carbocycles. The lowest BCUT2D eigenvalue weighted by Crippen LogP contribution is -2.53. The van der Waals surface area contributed by atoms with Crippen LogP contribution in [0.4, 0.5) is 23.7 Å². The fourth-order valence-corrected chi connectivity index (χ4v) is 7.57. The van der Waals surface area contributed by atoms with E-state index in [1.165, 1.54) is 47.6 Å². The highest BCUT2D eigenvalue weighted by Gasteiger charge is 2.38. The number of H-pyrrole nitrogens is 1. The van der Waals surface area contributed by atoms with Crippen LogP contribution in [-0.4, -0.2) is 56.4 Å². The lowest BCUT2D eigenvalue weighted by atomic mass is 9.86. The average Bonchev–Trinajstić information content (AvgIpc) is 3.58. The quantitative estimate of drug-likeness (QED) is 0.136. The molecule has 2 aromatic heterocycles. The second-order valence-electron chi connectivity index (χ2n) is 11.8. The summed E-state index contributed by atoms with van der Waals surface area (Å²) in [5, 5.41) is 0.402. The number of hydrogen-bond donors (Lipinski definition) is 0. The topological polar surface area (TPSA) is 91.7 Å². The molecule has 3 aliphatic rings. The molecule has 1 N–H and O–H groups in total. The lowest BCUT2D eigenvalue weighted by molar-refractivity contribution is -0.377. The number of piperidine rings is 3. The number of amides is 1. The van der Waals surface area contributed by atoms with Crippen LogP contribution in [0.1, 0.15) is 48.7 Å². The molecule has 0 spiro atoms. The molecule has 7 rings (SSSR count). The zero-order chi connectivity index (χ0) is 37.9. The van der Waals surface area contributed by atoms with Gasteiger partial charge in [0.05, 0.1) is 23.4 Å². The van der Waals surface area contributed by atoms with Crippen molar-refractivity contribution in [2.75, 3.05) is 31.6 Å². The molecular formula is C35H33Cl2F3N3O6S+. The summed E-state index contributed by atoms with van der Waals surface area (Å²) >= 11 is 13.8. The molecule has 5 heterocycles. The minimum absolute atomic E-state index is 0.0135. The van der Waals surface area contributed by atoms with Gasteiger partial charge in [-0.3, -0.25) is 9.80 Å². The number of methoxy groups -OCH3 is 1. The number of pyridine rings is 1. The summed E-state index contributed by atoms with van der Waals surface area (Å²) < 4.78 is 85.2. The first kappa shape index (κ1) is 31.9. The smallest absolute Gasteiger partial charge is 0.415 e. The molecule has 0 aliphatic carbocycles. The number of aromatic amines is 1. The van der Waals surface area contributed by atoms with E-state index < -0.39 is 49.1 Å². The van der Waals surface area contributed by atoms with Gasteiger partial charge in [-0.15, -0.1) is 11.3 Å². The van der Waals surface area contributed by atoms with E-state index in [0.717, 1.165) is 49.4 Å². The summed E-state index contributed by atoms with van der Waals surface area (Å²) in [4.78, 5) is 34.2. The summed E-state index contributed by atoms with van der Waals surface area (Å²) in [6.07, 6.45) is 2.39. The third-order valence-electron chi connectivity index (χ3n) is 8.69. The monoisotopic (exact) mass is 753 g/mol. The van der Waals surface area contributed by atoms with Gasteiger partial charge in [0, 0.05) is 23.4 Å². The van der Waals surface area contributed by atoms with Crippen LogP contribution in [0.15, 0.2) is 67.0 Å². The van der Waals surface area contributed by atoms with Gasteiger partial charge < -0.3 is 18.9 Å². The standard InChI is InChI=1S/C35H32Cl2F3N3O6S/c1-46-30-14-21(6-8-28(30)48-34(39)40)29(15-23-24(36)16-41-17-25(23)37)47-33(44)32-9-7-22(50-32)18-43(27-5-3-2-4-26(27)38)35(45)49-31-19-42-12-10-20(31)11-13-42/h2-9,14,16-17,20,29,31,34H,10-13,15,18-19H2,1H3/p+1/t29-,31-/m0/s1/i1D3. The number of carbonyl (C=O) groups is 2. The van der Waals surface area contributed by atoms with Gasteiger partial charge in [0.25, 0.3) is 0 Å². The van der Waals surface area contributed by atoms with E-state index in [2.05, 4.69) is 14.6 Å². The predicted molar refractivity (Wildman–Crippen MR) is 181 cm³/mol. The van der Waals surface area contributed by atoms with Crippen LogP contribution in [-0.2, 0) is 22.4 Å². The molecule has 1 amide bonds. The number of alkyl halides is 2. The number of nitrogens with one attached hydrogen (secondary N) is 1. The molecule has 50 heavy (non-hydrogen) atoms. The van der Waals surface area contributed by atoms with Crippen LogP contribution in [0.3, 0.4) is 0 Å². The van der Waals surface area contributed by atoms with Gasteiger partial charge in [0.15, 0.2) is 23.9 Å². The van der Waals surface area contributed by atoms with Crippen LogP contribution >= 0.6 is 34.5 Å². The molecule has 15 heteroatoms. The number of fused-ring (bicyclic) bond motifs is 3. The van der Waals surface area contributed by atoms with Crippen molar-refractivity contribution in [1.82, 2.24) is 4.90 Å². The number of benzene rings is 2. The van der Waals surface area contributed by atoms with Gasteiger partial charge in [-0.2, -0.15) is 8.78 Å². The van der Waals surface area contributed by atoms with Crippen molar-refractivity contribution in [3.05, 3.63) is 104 Å². The minimum atomic E-state index is -3.28. The highest BCUT2D eigenvalue weighted by Crippen LogP contribution is 2.37. The second kappa shape index (κ2) is 15.9. The zero-order valence-corrected chi connectivity index (χ0v) is 28.6. The SMILES string of the molecule is [2H]C([2H])([2H])Oc1cc([C@H](Cc2c(Cl)c[nH+]cc2Cl)OC(=O)c2ccc(CN(C(=O)O[C@H]3CN4CCC3CC4)c3ccccc3F)s2)ccc1OC(F)F. The Hall–Kier alpha value is -4.04. The zero-order valence-electron chi connectivity index (χ0n) is 29.3. The fourth-order valence-electron chi connectivity index (χ4n) is 6.15. The highest BCUT2D eigenvalue weighted by molar-refractivity contribution is 7.14. The molecule has 3 saturated heterocycles. The summed E-state index contributed by atoms with van der Waals surface area (Å²) in [5.41, 5.74) is 0.529. The lowest BCUT2D eigenvalue weighted by Gasteiger charge is -2.44. The number of rotatable bonds is 12. The van der Waals surface area contributed by atoms with Crippen LogP contribution in [0, 0.1) is 11.7 Å². The molecule has 0 saturated carbocycles. The maximum absolute atomic E-state index is 15.1. The van der Waals surface area contributed by atoms with Crippen molar-refractivity contribution >= 4 is 52.3 Å². The molecule has 2 bridgehead atoms. The summed E-state index contributed by atoms with van der Waals surface area (Å²) in [6, 6.07) is 12.4. The van der Waals surface area contributed by atoms with Gasteiger partial charge in [0.2, 0.25) is 0 Å². The van der Waals surface area contributed by atoms with E-state index in [9.17, 15) is 18.4 Å². The Morgan fingerprint density at radius 3 is 2.52 bits per heavy atom. The number of carbonyl (C=O) groups excluding carboxylic acids is 2. The molecule has 0 radical (unpaired) electrons. The highest BCUT2D eigenvalue weighted by atomic mass is 35.5. The maximum Gasteiger partial charge on any atom is 0.415 e. The van der Waals surface area contributed by atoms with Gasteiger partial charge >= 0.3 is 18.7 Å². The van der Waals surface area contributed by atoms with Crippen molar-refractivity contribution in [2.24, 2.45) is 5.92 Å². The third kappa shape index (κ3) is 8.28. The molecule has 3 fully saturated rings. The Balaban J connectivity index is 1.26. The predicted octanol–water partition coefficient (Wildman–Crippen LogP) is 8.00. The Labute approximate surface area is 304 Å². The number of esters is 1. The van der Waals surface area contributed by atoms with Crippen molar-refractivity contribution in [3.8, 4) is 11.5 Å². The molecule has 9 nitrogen and oxygen atoms in total. The van der Waals surface area contributed by atoms with Gasteiger partial charge in [-0.05, 0) is 73.8 Å². The first-order chi connectivity index (χ1) is 25.2. The Morgan fingerprint density at radius 2 is 1.84 bits per heavy atom. The number of thiophene rings is 1. The van der Waals surface area contributed by atoms with Crippen LogP contribution in [0.25, 0.3) is 0 Å². The largest absolute Gasteiger partial charge is 0.493 e. The first-order valence-corrected chi connectivity index (χ1v) is 17.2. The Kier molecular flexibility index (Phi) is 10.1. The van der Waals surface area contributed by atoms with Gasteiger partial charge in [0.1, 0.15) is 32.9 Å². The third-order valence-corrected chi connectivity index (χ3v) is 10.4. The van der Waals surface area contributed by atoms with E-state index in [0.29, 0.717) is 17.0 Å². The van der Waals surface area contributed by atoms with E-state index >= 15 is 4.39 Å². The summed E-state index contributed by atoms with van der Waals surface area (Å²) in [5.74, 6) is -2.31. The van der Waals surface area contributed by atoms with E-state index in [1.54, 1.807) is 12.1 Å². The Morgan fingerprint density at radius 1 is 1.08 bits per heavy atom. The number of ether oxygens (including phenoxy) is 4. The average molecular weight is 755 g/mol. The molecule has 264 valence electrons. The first-order valence-electron chi connectivity index (χ1n) is 17.1. The van der Waals surface area contributed by atoms with Crippen LogP contribution in [0.5, 0.6) is 11.5 Å². The number of halogens is 5.